The van der Waals surface area contributed by atoms with Gasteiger partial charge < -0.3 is 15.2 Å². The van der Waals surface area contributed by atoms with Gasteiger partial charge in [-0.25, -0.2) is 0 Å². The molecule has 1 saturated heterocycles. The fraction of sp³-hybridized carbons (Fsp3) is 0.700. The summed E-state index contributed by atoms with van der Waals surface area (Å²) >= 11 is 0. The lowest BCUT2D eigenvalue weighted by atomic mass is 9.74. The highest BCUT2D eigenvalue weighted by Crippen LogP contribution is 2.39. The van der Waals surface area contributed by atoms with E-state index in [1.54, 1.807) is 7.11 Å². The molecule has 1 aliphatic heterocycles. The average molecular weight is 319 g/mol. The molecule has 0 radical (unpaired) electrons. The summed E-state index contributed by atoms with van der Waals surface area (Å²) in [5.74, 6) is 0.776. The largest absolute Gasteiger partial charge is 0.385 e. The second kappa shape index (κ2) is 8.81. The fourth-order valence-corrected chi connectivity index (χ4v) is 3.65. The Morgan fingerprint density at radius 2 is 2.17 bits per heavy atom. The lowest BCUT2D eigenvalue weighted by Crippen LogP contribution is -2.44. The van der Waals surface area contributed by atoms with Gasteiger partial charge in [-0.2, -0.15) is 0 Å². The molecule has 2 rings (SSSR count). The van der Waals surface area contributed by atoms with E-state index >= 15 is 0 Å². The zero-order chi connectivity index (χ0) is 16.7. The second-order valence-corrected chi connectivity index (χ2v) is 7.20. The van der Waals surface area contributed by atoms with Crippen LogP contribution in [0.15, 0.2) is 24.3 Å². The summed E-state index contributed by atoms with van der Waals surface area (Å²) in [7, 11) is 1.74. The van der Waals surface area contributed by atoms with Crippen molar-refractivity contribution in [1.82, 2.24) is 5.32 Å². The molecule has 1 fully saturated rings. The van der Waals surface area contributed by atoms with E-state index in [0.717, 1.165) is 57.4 Å². The minimum absolute atomic E-state index is 0.293. The van der Waals surface area contributed by atoms with Gasteiger partial charge in [0.1, 0.15) is 0 Å². The van der Waals surface area contributed by atoms with Crippen LogP contribution >= 0.6 is 0 Å². The molecule has 0 amide bonds. The van der Waals surface area contributed by atoms with E-state index in [0.29, 0.717) is 11.8 Å². The van der Waals surface area contributed by atoms with Crippen LogP contribution in [0.4, 0.5) is 0 Å². The monoisotopic (exact) mass is 319 g/mol. The van der Waals surface area contributed by atoms with Gasteiger partial charge in [-0.15, -0.1) is 0 Å². The van der Waals surface area contributed by atoms with Crippen molar-refractivity contribution in [2.45, 2.75) is 57.5 Å². The maximum absolute atomic E-state index is 11.6. The molecule has 1 aliphatic rings. The third kappa shape index (κ3) is 4.79. The van der Waals surface area contributed by atoms with Gasteiger partial charge in [0.15, 0.2) is 0 Å². The van der Waals surface area contributed by atoms with Crippen molar-refractivity contribution in [3.05, 3.63) is 35.4 Å². The Hall–Kier alpha value is -0.900. The van der Waals surface area contributed by atoms with E-state index < -0.39 is 5.60 Å². The summed E-state index contributed by atoms with van der Waals surface area (Å²) in [5, 5.41) is 15.1. The van der Waals surface area contributed by atoms with E-state index in [1.165, 1.54) is 5.56 Å². The summed E-state index contributed by atoms with van der Waals surface area (Å²) in [6, 6.07) is 8.59. The normalized spacial score (nSPS) is 21.3. The number of benzene rings is 1. The molecular formula is C20H33NO2. The first-order valence-corrected chi connectivity index (χ1v) is 9.10. The molecule has 1 aromatic rings. The first-order valence-electron chi connectivity index (χ1n) is 9.10. The molecule has 1 unspecified atom stereocenters. The summed E-state index contributed by atoms with van der Waals surface area (Å²) in [5.41, 5.74) is 1.67. The minimum atomic E-state index is -0.730. The number of piperidine rings is 1. The predicted octanol–water partition coefficient (Wildman–Crippen LogP) is 3.81. The fourth-order valence-electron chi connectivity index (χ4n) is 3.65. The number of hydrogen-bond donors (Lipinski definition) is 2. The Morgan fingerprint density at radius 1 is 1.35 bits per heavy atom. The zero-order valence-corrected chi connectivity index (χ0v) is 15.0. The minimum Gasteiger partial charge on any atom is -0.385 e. The topological polar surface area (TPSA) is 41.5 Å². The highest BCUT2D eigenvalue weighted by Gasteiger charge is 2.38. The molecule has 130 valence electrons. The highest BCUT2D eigenvalue weighted by atomic mass is 16.5. The molecule has 0 saturated carbocycles. The molecule has 0 aromatic heterocycles. The third-order valence-electron chi connectivity index (χ3n) is 5.18. The highest BCUT2D eigenvalue weighted by molar-refractivity contribution is 5.31. The van der Waals surface area contributed by atoms with Crippen molar-refractivity contribution in [2.24, 2.45) is 5.92 Å². The van der Waals surface area contributed by atoms with Crippen LogP contribution in [-0.2, 0) is 10.3 Å². The van der Waals surface area contributed by atoms with Crippen molar-refractivity contribution in [3.8, 4) is 0 Å². The SMILES string of the molecule is COCCCC[C@@](O)(c1cccc(C(C)C)c1)C1CCCNC1. The van der Waals surface area contributed by atoms with Gasteiger partial charge >= 0.3 is 0 Å². The number of ether oxygens (including phenoxy) is 1. The summed E-state index contributed by atoms with van der Waals surface area (Å²) in [6.45, 7) is 7.16. The maximum atomic E-state index is 11.6. The Labute approximate surface area is 141 Å². The van der Waals surface area contributed by atoms with Crippen molar-refractivity contribution in [3.63, 3.8) is 0 Å². The van der Waals surface area contributed by atoms with Gasteiger partial charge in [0.25, 0.3) is 0 Å². The molecule has 0 aliphatic carbocycles. The van der Waals surface area contributed by atoms with E-state index in [2.05, 4.69) is 43.4 Å². The second-order valence-electron chi connectivity index (χ2n) is 7.20. The van der Waals surface area contributed by atoms with Crippen LogP contribution in [0.25, 0.3) is 0 Å². The zero-order valence-electron chi connectivity index (χ0n) is 15.0. The molecular weight excluding hydrogens is 286 g/mol. The Morgan fingerprint density at radius 3 is 2.83 bits per heavy atom. The number of aliphatic hydroxyl groups is 1. The van der Waals surface area contributed by atoms with E-state index in [1.807, 2.05) is 0 Å². The maximum Gasteiger partial charge on any atom is 0.0936 e. The summed E-state index contributed by atoms with van der Waals surface area (Å²) in [4.78, 5) is 0. The summed E-state index contributed by atoms with van der Waals surface area (Å²) in [6.07, 6.45) is 5.05. The number of hydrogen-bond acceptors (Lipinski definition) is 3. The van der Waals surface area contributed by atoms with Crippen molar-refractivity contribution in [2.75, 3.05) is 26.8 Å². The molecule has 3 nitrogen and oxygen atoms in total. The number of nitrogens with one attached hydrogen (secondary N) is 1. The summed E-state index contributed by atoms with van der Waals surface area (Å²) < 4.78 is 5.16. The predicted molar refractivity (Wildman–Crippen MR) is 95.7 cm³/mol. The van der Waals surface area contributed by atoms with Gasteiger partial charge in [0.2, 0.25) is 0 Å². The van der Waals surface area contributed by atoms with Crippen LogP contribution in [0.1, 0.15) is 63.0 Å². The van der Waals surface area contributed by atoms with Crippen LogP contribution < -0.4 is 5.32 Å². The van der Waals surface area contributed by atoms with Crippen LogP contribution in [0.5, 0.6) is 0 Å². The first kappa shape index (κ1) is 18.4. The number of rotatable bonds is 8. The Bertz CT molecular complexity index is 468. The lowest BCUT2D eigenvalue weighted by Gasteiger charge is -2.40. The van der Waals surface area contributed by atoms with Crippen LogP contribution in [0.2, 0.25) is 0 Å². The van der Waals surface area contributed by atoms with E-state index in [-0.39, 0.29) is 0 Å². The smallest absolute Gasteiger partial charge is 0.0936 e. The Kier molecular flexibility index (Phi) is 7.07. The molecule has 23 heavy (non-hydrogen) atoms. The molecule has 1 heterocycles. The van der Waals surface area contributed by atoms with Gasteiger partial charge in [0.05, 0.1) is 5.60 Å². The molecule has 2 atom stereocenters. The quantitative estimate of drug-likeness (QED) is 0.716. The van der Waals surface area contributed by atoms with E-state index in [9.17, 15) is 5.11 Å². The van der Waals surface area contributed by atoms with Crippen molar-refractivity contribution in [1.29, 1.82) is 0 Å². The van der Waals surface area contributed by atoms with Gasteiger partial charge in [0, 0.05) is 26.2 Å². The van der Waals surface area contributed by atoms with E-state index in [4.69, 9.17) is 4.74 Å². The first-order chi connectivity index (χ1) is 11.1. The number of methoxy groups -OCH3 is 1. The van der Waals surface area contributed by atoms with Gasteiger partial charge in [-0.3, -0.25) is 0 Å². The molecule has 0 bridgehead atoms. The Balaban J connectivity index is 2.22. The third-order valence-corrected chi connectivity index (χ3v) is 5.18. The van der Waals surface area contributed by atoms with Crippen LogP contribution in [0, 0.1) is 5.92 Å². The molecule has 3 heteroatoms. The standard InChI is InChI=1S/C20H33NO2/c1-16(2)17-8-6-9-18(14-17)20(22,11-4-5-13-23-3)19-10-7-12-21-15-19/h6,8-9,14,16,19,21-22H,4-5,7,10-13,15H2,1-3H3/t19?,20-/m1/s1. The average Bonchev–Trinajstić information content (AvgIpc) is 2.59. The molecule has 1 aromatic carbocycles. The van der Waals surface area contributed by atoms with Gasteiger partial charge in [-0.1, -0.05) is 38.1 Å². The number of unbranched alkanes of at least 4 members (excludes halogenated alkanes) is 1. The van der Waals surface area contributed by atoms with Crippen LogP contribution in [-0.4, -0.2) is 31.9 Å². The van der Waals surface area contributed by atoms with Crippen molar-refractivity contribution < 1.29 is 9.84 Å². The van der Waals surface area contributed by atoms with Crippen LogP contribution in [0.3, 0.4) is 0 Å². The molecule has 0 spiro atoms. The lowest BCUT2D eigenvalue weighted by molar-refractivity contribution is -0.0434. The van der Waals surface area contributed by atoms with Gasteiger partial charge in [-0.05, 0) is 55.7 Å². The van der Waals surface area contributed by atoms with Crippen molar-refractivity contribution >= 4 is 0 Å². The molecule has 2 N–H and O–H groups in total.